The highest BCUT2D eigenvalue weighted by molar-refractivity contribution is 5.48. The molecule has 0 saturated carbocycles. The summed E-state index contributed by atoms with van der Waals surface area (Å²) < 4.78 is 11.5. The smallest absolute Gasteiger partial charge is 0.226 e. The molecule has 2 aromatic carbocycles. The maximum absolute atomic E-state index is 5.88. The fraction of sp³-hybridized carbons (Fsp3) is 0.176. The highest BCUT2D eigenvalue weighted by Crippen LogP contribution is 2.23. The van der Waals surface area contributed by atoms with Crippen LogP contribution in [0, 0.1) is 0 Å². The van der Waals surface area contributed by atoms with Gasteiger partial charge in [-0.3, -0.25) is 0 Å². The van der Waals surface area contributed by atoms with Gasteiger partial charge in [0.05, 0.1) is 0 Å². The van der Waals surface area contributed by atoms with Crippen LogP contribution in [-0.4, -0.2) is 6.61 Å². The second-order valence-corrected chi connectivity index (χ2v) is 4.09. The molecule has 1 atom stereocenters. The Balaban J connectivity index is 2.14. The number of rotatable bonds is 6. The van der Waals surface area contributed by atoms with Gasteiger partial charge in [-0.05, 0) is 24.6 Å². The summed E-state index contributed by atoms with van der Waals surface area (Å²) in [5, 5.41) is 0. The van der Waals surface area contributed by atoms with E-state index in [0.29, 0.717) is 6.61 Å². The molecule has 0 bridgehead atoms. The van der Waals surface area contributed by atoms with Crippen LogP contribution < -0.4 is 4.74 Å². The predicted molar refractivity (Wildman–Crippen MR) is 78.0 cm³/mol. The average molecular weight is 254 g/mol. The SMILES string of the molecule is C=Cc1ccc(OC(OCC)c2ccccc2)cc1. The summed E-state index contributed by atoms with van der Waals surface area (Å²) >= 11 is 0. The Morgan fingerprint density at radius 1 is 1.05 bits per heavy atom. The topological polar surface area (TPSA) is 18.5 Å². The summed E-state index contributed by atoms with van der Waals surface area (Å²) in [6.45, 7) is 6.29. The second-order valence-electron chi connectivity index (χ2n) is 4.09. The molecular formula is C17H18O2. The van der Waals surface area contributed by atoms with Crippen molar-refractivity contribution in [3.8, 4) is 5.75 Å². The maximum Gasteiger partial charge on any atom is 0.226 e. The van der Waals surface area contributed by atoms with Crippen molar-refractivity contribution in [1.82, 2.24) is 0 Å². The lowest BCUT2D eigenvalue weighted by molar-refractivity contribution is -0.0786. The molecule has 0 spiro atoms. The highest BCUT2D eigenvalue weighted by Gasteiger charge is 2.12. The van der Waals surface area contributed by atoms with Crippen molar-refractivity contribution in [2.24, 2.45) is 0 Å². The molecule has 2 rings (SSSR count). The molecule has 0 aliphatic carbocycles. The zero-order valence-corrected chi connectivity index (χ0v) is 11.1. The van der Waals surface area contributed by atoms with E-state index in [-0.39, 0.29) is 6.29 Å². The zero-order valence-electron chi connectivity index (χ0n) is 11.1. The lowest BCUT2D eigenvalue weighted by Crippen LogP contribution is -2.11. The number of benzene rings is 2. The molecule has 0 amide bonds. The van der Waals surface area contributed by atoms with Crippen molar-refractivity contribution in [3.05, 3.63) is 72.3 Å². The van der Waals surface area contributed by atoms with Gasteiger partial charge in [0.2, 0.25) is 6.29 Å². The van der Waals surface area contributed by atoms with E-state index in [1.54, 1.807) is 6.08 Å². The maximum atomic E-state index is 5.88. The molecule has 0 heterocycles. The van der Waals surface area contributed by atoms with E-state index < -0.39 is 0 Å². The summed E-state index contributed by atoms with van der Waals surface area (Å²) in [5.74, 6) is 0.785. The fourth-order valence-corrected chi connectivity index (χ4v) is 1.77. The first-order valence-electron chi connectivity index (χ1n) is 6.39. The van der Waals surface area contributed by atoms with Crippen molar-refractivity contribution in [2.75, 3.05) is 6.61 Å². The van der Waals surface area contributed by atoms with Crippen LogP contribution in [0.25, 0.3) is 6.08 Å². The van der Waals surface area contributed by atoms with Gasteiger partial charge in [-0.15, -0.1) is 0 Å². The first-order valence-corrected chi connectivity index (χ1v) is 6.39. The standard InChI is InChI=1S/C17H18O2/c1-3-14-10-12-16(13-11-14)19-17(18-4-2)15-8-6-5-7-9-15/h3,5-13,17H,1,4H2,2H3. The third-order valence-electron chi connectivity index (χ3n) is 2.75. The van der Waals surface area contributed by atoms with Crippen molar-refractivity contribution < 1.29 is 9.47 Å². The molecule has 2 nitrogen and oxygen atoms in total. The van der Waals surface area contributed by atoms with Gasteiger partial charge in [-0.1, -0.05) is 55.1 Å². The number of ether oxygens (including phenoxy) is 2. The Bertz CT molecular complexity index is 503. The minimum absolute atomic E-state index is 0.374. The summed E-state index contributed by atoms with van der Waals surface area (Å²) in [6.07, 6.45) is 1.43. The molecule has 0 fully saturated rings. The minimum Gasteiger partial charge on any atom is -0.461 e. The van der Waals surface area contributed by atoms with Crippen molar-refractivity contribution in [1.29, 1.82) is 0 Å². The van der Waals surface area contributed by atoms with Crippen LogP contribution in [0.1, 0.15) is 24.3 Å². The van der Waals surface area contributed by atoms with Crippen LogP contribution in [0.3, 0.4) is 0 Å². The first kappa shape index (κ1) is 13.4. The molecule has 0 aromatic heterocycles. The molecule has 1 unspecified atom stereocenters. The normalized spacial score (nSPS) is 11.8. The van der Waals surface area contributed by atoms with Crippen LogP contribution in [0.2, 0.25) is 0 Å². The van der Waals surface area contributed by atoms with Crippen LogP contribution in [0.4, 0.5) is 0 Å². The Morgan fingerprint density at radius 2 is 1.74 bits per heavy atom. The van der Waals surface area contributed by atoms with Crippen LogP contribution >= 0.6 is 0 Å². The van der Waals surface area contributed by atoms with Crippen LogP contribution in [0.15, 0.2) is 61.2 Å². The summed E-state index contributed by atoms with van der Waals surface area (Å²) in [7, 11) is 0. The third-order valence-corrected chi connectivity index (χ3v) is 2.75. The molecule has 0 aliphatic heterocycles. The van der Waals surface area contributed by atoms with Crippen molar-refractivity contribution in [3.63, 3.8) is 0 Å². The molecule has 98 valence electrons. The van der Waals surface area contributed by atoms with E-state index in [9.17, 15) is 0 Å². The van der Waals surface area contributed by atoms with E-state index in [0.717, 1.165) is 16.9 Å². The van der Waals surface area contributed by atoms with E-state index in [1.807, 2.05) is 61.5 Å². The molecule has 0 N–H and O–H groups in total. The quantitative estimate of drug-likeness (QED) is 0.709. The van der Waals surface area contributed by atoms with Crippen LogP contribution in [0.5, 0.6) is 5.75 Å². The van der Waals surface area contributed by atoms with E-state index in [2.05, 4.69) is 6.58 Å². The number of hydrogen-bond donors (Lipinski definition) is 0. The van der Waals surface area contributed by atoms with Gasteiger partial charge in [0.1, 0.15) is 5.75 Å². The van der Waals surface area contributed by atoms with Gasteiger partial charge >= 0.3 is 0 Å². The fourth-order valence-electron chi connectivity index (χ4n) is 1.77. The van der Waals surface area contributed by atoms with Gasteiger partial charge in [-0.2, -0.15) is 0 Å². The monoisotopic (exact) mass is 254 g/mol. The third kappa shape index (κ3) is 3.70. The summed E-state index contributed by atoms with van der Waals surface area (Å²) in [5.41, 5.74) is 2.08. The number of hydrogen-bond acceptors (Lipinski definition) is 2. The molecule has 19 heavy (non-hydrogen) atoms. The Hall–Kier alpha value is -2.06. The zero-order chi connectivity index (χ0) is 13.5. The Morgan fingerprint density at radius 3 is 2.32 bits per heavy atom. The van der Waals surface area contributed by atoms with E-state index in [4.69, 9.17) is 9.47 Å². The van der Waals surface area contributed by atoms with Gasteiger partial charge < -0.3 is 9.47 Å². The van der Waals surface area contributed by atoms with Gasteiger partial charge in [0.15, 0.2) is 0 Å². The minimum atomic E-state index is -0.374. The Labute approximate surface area is 114 Å². The molecule has 0 aliphatic rings. The summed E-state index contributed by atoms with van der Waals surface area (Å²) in [6, 6.07) is 17.7. The second kappa shape index (κ2) is 6.76. The van der Waals surface area contributed by atoms with E-state index in [1.165, 1.54) is 0 Å². The first-order chi connectivity index (χ1) is 9.33. The van der Waals surface area contributed by atoms with Crippen molar-refractivity contribution in [2.45, 2.75) is 13.2 Å². The van der Waals surface area contributed by atoms with Gasteiger partial charge in [0.25, 0.3) is 0 Å². The lowest BCUT2D eigenvalue weighted by atomic mass is 10.2. The molecular weight excluding hydrogens is 236 g/mol. The van der Waals surface area contributed by atoms with Crippen molar-refractivity contribution >= 4 is 6.08 Å². The van der Waals surface area contributed by atoms with Gasteiger partial charge in [-0.25, -0.2) is 0 Å². The Kier molecular flexibility index (Phi) is 4.76. The van der Waals surface area contributed by atoms with Crippen LogP contribution in [-0.2, 0) is 4.74 Å². The van der Waals surface area contributed by atoms with E-state index >= 15 is 0 Å². The summed E-state index contributed by atoms with van der Waals surface area (Å²) in [4.78, 5) is 0. The van der Waals surface area contributed by atoms with Gasteiger partial charge in [0, 0.05) is 12.2 Å². The molecule has 2 aromatic rings. The average Bonchev–Trinajstić information content (AvgIpc) is 2.48. The molecule has 0 saturated heterocycles. The lowest BCUT2D eigenvalue weighted by Gasteiger charge is -2.19. The largest absolute Gasteiger partial charge is 0.461 e. The molecule has 0 radical (unpaired) electrons. The highest BCUT2D eigenvalue weighted by atomic mass is 16.7. The molecule has 2 heteroatoms. The predicted octanol–water partition coefficient (Wildman–Crippen LogP) is 4.44.